The van der Waals surface area contributed by atoms with Gasteiger partial charge in [0.2, 0.25) is 0 Å². The molecular formula is C32H34N2O6. The monoisotopic (exact) mass is 542 g/mol. The molecule has 2 heterocycles. The number of ketones is 1. The maximum Gasteiger partial charge on any atom is 0.295 e. The molecule has 0 bridgehead atoms. The van der Waals surface area contributed by atoms with Gasteiger partial charge in [0.1, 0.15) is 30.5 Å². The minimum absolute atomic E-state index is 0.0429. The zero-order valence-electron chi connectivity index (χ0n) is 22.8. The Morgan fingerprint density at radius 3 is 2.40 bits per heavy atom. The van der Waals surface area contributed by atoms with E-state index in [4.69, 9.17) is 14.2 Å². The lowest BCUT2D eigenvalue weighted by Gasteiger charge is -2.27. The van der Waals surface area contributed by atoms with Crippen LogP contribution in [0.2, 0.25) is 0 Å². The van der Waals surface area contributed by atoms with E-state index in [-0.39, 0.29) is 11.3 Å². The Morgan fingerprint density at radius 2 is 1.65 bits per heavy atom. The normalized spacial score (nSPS) is 17.9. The third-order valence-electron chi connectivity index (χ3n) is 7.28. The standard InChI is InChI=1S/C32H34N2O6/c1-3-33(4-2)16-9-17-34-29(22-10-8-13-25(20-22)40-24-11-6-5-7-12-24)28(31(36)32(34)37)30(35)23-14-15-26-27(21-23)39-19-18-38-26/h5-8,10-15,20-21,29,35H,3-4,9,16-19H2,1-2H3/b30-28+/t29-/m0/s1. The zero-order chi connectivity index (χ0) is 28.1. The van der Waals surface area contributed by atoms with Gasteiger partial charge in [-0.05, 0) is 74.1 Å². The van der Waals surface area contributed by atoms with Crippen molar-refractivity contribution in [2.75, 3.05) is 39.4 Å². The number of nitrogens with zero attached hydrogens (tertiary/aromatic N) is 2. The van der Waals surface area contributed by atoms with E-state index in [0.29, 0.717) is 60.3 Å². The van der Waals surface area contributed by atoms with Gasteiger partial charge in [-0.25, -0.2) is 0 Å². The highest BCUT2D eigenvalue weighted by molar-refractivity contribution is 6.46. The van der Waals surface area contributed by atoms with Crippen molar-refractivity contribution >= 4 is 17.4 Å². The van der Waals surface area contributed by atoms with Gasteiger partial charge in [0.15, 0.2) is 11.5 Å². The molecule has 8 nitrogen and oxygen atoms in total. The molecule has 208 valence electrons. The van der Waals surface area contributed by atoms with Gasteiger partial charge in [-0.3, -0.25) is 9.59 Å². The van der Waals surface area contributed by atoms with Crippen LogP contribution in [0.4, 0.5) is 0 Å². The fourth-order valence-corrected chi connectivity index (χ4v) is 5.18. The van der Waals surface area contributed by atoms with Crippen LogP contribution in [0, 0.1) is 0 Å². The van der Waals surface area contributed by atoms with Crippen molar-refractivity contribution in [2.45, 2.75) is 26.3 Å². The third kappa shape index (κ3) is 5.67. The van der Waals surface area contributed by atoms with E-state index in [0.717, 1.165) is 19.6 Å². The Bertz CT molecular complexity index is 1400. The van der Waals surface area contributed by atoms with E-state index in [1.807, 2.05) is 54.6 Å². The molecule has 0 aromatic heterocycles. The molecule has 1 N–H and O–H groups in total. The molecule has 1 fully saturated rings. The van der Waals surface area contributed by atoms with Gasteiger partial charge in [-0.15, -0.1) is 0 Å². The SMILES string of the molecule is CCN(CC)CCCN1C(=O)C(=O)/C(=C(/O)c2ccc3c(c2)OCCO3)[C@@H]1c1cccc(Oc2ccccc2)c1. The van der Waals surface area contributed by atoms with Crippen LogP contribution in [0.3, 0.4) is 0 Å². The third-order valence-corrected chi connectivity index (χ3v) is 7.28. The van der Waals surface area contributed by atoms with Crippen molar-refractivity contribution in [2.24, 2.45) is 0 Å². The number of hydrogen-bond acceptors (Lipinski definition) is 7. The smallest absolute Gasteiger partial charge is 0.295 e. The van der Waals surface area contributed by atoms with Gasteiger partial charge >= 0.3 is 0 Å². The van der Waals surface area contributed by atoms with Crippen molar-refractivity contribution in [3.05, 3.63) is 89.5 Å². The molecule has 1 saturated heterocycles. The molecular weight excluding hydrogens is 508 g/mol. The van der Waals surface area contributed by atoms with Gasteiger partial charge in [0.05, 0.1) is 11.6 Å². The van der Waals surface area contributed by atoms with Crippen molar-refractivity contribution in [1.82, 2.24) is 9.80 Å². The van der Waals surface area contributed by atoms with Crippen molar-refractivity contribution < 1.29 is 28.9 Å². The van der Waals surface area contributed by atoms with Crippen LogP contribution in [0.5, 0.6) is 23.0 Å². The lowest BCUT2D eigenvalue weighted by atomic mass is 9.95. The van der Waals surface area contributed by atoms with Gasteiger partial charge in [-0.2, -0.15) is 0 Å². The summed E-state index contributed by atoms with van der Waals surface area (Å²) in [4.78, 5) is 30.7. The molecule has 1 amide bonds. The molecule has 3 aromatic carbocycles. The summed E-state index contributed by atoms with van der Waals surface area (Å²) >= 11 is 0. The average molecular weight is 543 g/mol. The summed E-state index contributed by atoms with van der Waals surface area (Å²) in [7, 11) is 0. The maximum atomic E-state index is 13.5. The Morgan fingerprint density at radius 1 is 0.925 bits per heavy atom. The molecule has 8 heteroatoms. The van der Waals surface area contributed by atoms with E-state index in [1.54, 1.807) is 23.1 Å². The fourth-order valence-electron chi connectivity index (χ4n) is 5.18. The Balaban J connectivity index is 1.54. The van der Waals surface area contributed by atoms with Gasteiger partial charge in [0, 0.05) is 12.1 Å². The first-order valence-electron chi connectivity index (χ1n) is 13.7. The van der Waals surface area contributed by atoms with Crippen LogP contribution in [0.15, 0.2) is 78.4 Å². The molecule has 3 aromatic rings. The topological polar surface area (TPSA) is 88.5 Å². The molecule has 5 rings (SSSR count). The Kier molecular flexibility index (Phi) is 8.36. The number of aliphatic hydroxyl groups is 1. The Labute approximate surface area is 234 Å². The number of aliphatic hydroxyl groups excluding tert-OH is 1. The number of hydrogen-bond donors (Lipinski definition) is 1. The minimum Gasteiger partial charge on any atom is -0.507 e. The number of likely N-dealkylation sites (tertiary alicyclic amines) is 1. The summed E-state index contributed by atoms with van der Waals surface area (Å²) in [5.74, 6) is 0.704. The second kappa shape index (κ2) is 12.3. The number of fused-ring (bicyclic) bond motifs is 1. The molecule has 2 aliphatic rings. The first-order valence-corrected chi connectivity index (χ1v) is 13.7. The molecule has 40 heavy (non-hydrogen) atoms. The first-order chi connectivity index (χ1) is 19.5. The second-order valence-electron chi connectivity index (χ2n) is 9.72. The second-order valence-corrected chi connectivity index (χ2v) is 9.72. The summed E-state index contributed by atoms with van der Waals surface area (Å²) in [6, 6.07) is 20.9. The quantitative estimate of drug-likeness (QED) is 0.208. The number of Topliss-reactive ketones (excluding diaryl/α,β-unsaturated/α-hetero) is 1. The van der Waals surface area contributed by atoms with Crippen molar-refractivity contribution in [3.63, 3.8) is 0 Å². The van der Waals surface area contributed by atoms with Crippen LogP contribution in [0.25, 0.3) is 5.76 Å². The molecule has 0 spiro atoms. The highest BCUT2D eigenvalue weighted by Gasteiger charge is 2.46. The predicted octanol–water partition coefficient (Wildman–Crippen LogP) is 5.40. The molecule has 0 saturated carbocycles. The zero-order valence-corrected chi connectivity index (χ0v) is 22.8. The number of benzene rings is 3. The van der Waals surface area contributed by atoms with Crippen LogP contribution < -0.4 is 14.2 Å². The minimum atomic E-state index is -0.774. The number of ether oxygens (including phenoxy) is 3. The van der Waals surface area contributed by atoms with Crippen LogP contribution in [-0.2, 0) is 9.59 Å². The number of amides is 1. The Hall–Kier alpha value is -4.30. The highest BCUT2D eigenvalue weighted by Crippen LogP contribution is 2.42. The highest BCUT2D eigenvalue weighted by atomic mass is 16.6. The fraction of sp³-hybridized carbons (Fsp3) is 0.312. The lowest BCUT2D eigenvalue weighted by Crippen LogP contribution is -2.33. The van der Waals surface area contributed by atoms with Gasteiger partial charge in [0.25, 0.3) is 11.7 Å². The van der Waals surface area contributed by atoms with Crippen LogP contribution >= 0.6 is 0 Å². The first kappa shape index (κ1) is 27.3. The molecule has 0 unspecified atom stereocenters. The lowest BCUT2D eigenvalue weighted by molar-refractivity contribution is -0.140. The number of para-hydroxylation sites is 1. The van der Waals surface area contributed by atoms with E-state index in [9.17, 15) is 14.7 Å². The van der Waals surface area contributed by atoms with E-state index in [2.05, 4.69) is 18.7 Å². The maximum absolute atomic E-state index is 13.5. The molecule has 2 aliphatic heterocycles. The van der Waals surface area contributed by atoms with Crippen LogP contribution in [-0.4, -0.2) is 66.0 Å². The summed E-state index contributed by atoms with van der Waals surface area (Å²) < 4.78 is 17.3. The number of rotatable bonds is 10. The molecule has 0 radical (unpaired) electrons. The summed E-state index contributed by atoms with van der Waals surface area (Å²) in [6.07, 6.45) is 0.690. The van der Waals surface area contributed by atoms with Crippen molar-refractivity contribution in [1.29, 1.82) is 0 Å². The van der Waals surface area contributed by atoms with Crippen LogP contribution in [0.1, 0.15) is 37.4 Å². The predicted molar refractivity (Wildman–Crippen MR) is 152 cm³/mol. The summed E-state index contributed by atoms with van der Waals surface area (Å²) in [6.45, 7) is 8.00. The molecule has 0 aliphatic carbocycles. The van der Waals surface area contributed by atoms with Crippen molar-refractivity contribution in [3.8, 4) is 23.0 Å². The number of carbonyl (C=O) groups is 2. The summed E-state index contributed by atoms with van der Waals surface area (Å²) in [5, 5.41) is 11.5. The summed E-state index contributed by atoms with van der Waals surface area (Å²) in [5.41, 5.74) is 1.10. The number of carbonyl (C=O) groups excluding carboxylic acids is 2. The van der Waals surface area contributed by atoms with E-state index < -0.39 is 17.7 Å². The largest absolute Gasteiger partial charge is 0.507 e. The molecule has 1 atom stereocenters. The van der Waals surface area contributed by atoms with Gasteiger partial charge in [-0.1, -0.05) is 44.2 Å². The average Bonchev–Trinajstić information content (AvgIpc) is 3.24. The van der Waals surface area contributed by atoms with Gasteiger partial charge < -0.3 is 29.1 Å². The van der Waals surface area contributed by atoms with E-state index in [1.165, 1.54) is 0 Å². The van der Waals surface area contributed by atoms with E-state index >= 15 is 0 Å².